The minimum Gasteiger partial charge on any atom is -0.420 e. The van der Waals surface area contributed by atoms with E-state index in [0.717, 1.165) is 47.4 Å². The van der Waals surface area contributed by atoms with E-state index in [1.165, 1.54) is 11.8 Å². The lowest BCUT2D eigenvalue weighted by atomic mass is 10.2. The molecule has 0 saturated carbocycles. The zero-order chi connectivity index (χ0) is 20.3. The summed E-state index contributed by atoms with van der Waals surface area (Å²) in [5.74, 6) is 2.28. The Labute approximate surface area is 186 Å². The summed E-state index contributed by atoms with van der Waals surface area (Å²) in [5.41, 5.74) is 0.726. The lowest BCUT2D eigenvalue weighted by Crippen LogP contribution is -2.16. The predicted molar refractivity (Wildman–Crippen MR) is 117 cm³/mol. The zero-order valence-corrected chi connectivity index (χ0v) is 18.3. The molecule has 7 nitrogen and oxygen atoms in total. The van der Waals surface area contributed by atoms with Crippen molar-refractivity contribution in [3.05, 3.63) is 52.7 Å². The van der Waals surface area contributed by atoms with E-state index in [4.69, 9.17) is 20.8 Å². The molecule has 1 atom stereocenters. The van der Waals surface area contributed by atoms with Crippen LogP contribution in [0.2, 0.25) is 5.02 Å². The third-order valence-electron chi connectivity index (χ3n) is 4.76. The van der Waals surface area contributed by atoms with Crippen molar-refractivity contribution in [3.8, 4) is 22.2 Å². The Bertz CT molecular complexity index is 1120. The third kappa shape index (κ3) is 4.15. The highest BCUT2D eigenvalue weighted by atomic mass is 35.5. The fourth-order valence-corrected chi connectivity index (χ4v) is 5.04. The average Bonchev–Trinajstić information content (AvgIpc) is 3.55. The van der Waals surface area contributed by atoms with Crippen molar-refractivity contribution in [1.82, 2.24) is 25.0 Å². The minimum absolute atomic E-state index is 0.189. The van der Waals surface area contributed by atoms with Gasteiger partial charge in [0, 0.05) is 6.61 Å². The molecule has 1 aliphatic rings. The molecular formula is C20H18ClN5O2S2. The molecule has 10 heteroatoms. The van der Waals surface area contributed by atoms with Crippen molar-refractivity contribution < 1.29 is 9.15 Å². The quantitative estimate of drug-likeness (QED) is 0.352. The smallest absolute Gasteiger partial charge is 0.249 e. The largest absolute Gasteiger partial charge is 0.420 e. The zero-order valence-electron chi connectivity index (χ0n) is 15.9. The summed E-state index contributed by atoms with van der Waals surface area (Å²) in [6.07, 6.45) is 2.34. The third-order valence-corrected chi connectivity index (χ3v) is 6.91. The van der Waals surface area contributed by atoms with E-state index >= 15 is 0 Å². The molecule has 0 aliphatic carbocycles. The highest BCUT2D eigenvalue weighted by Gasteiger charge is 2.22. The molecule has 154 valence electrons. The van der Waals surface area contributed by atoms with Crippen LogP contribution in [0.25, 0.3) is 22.2 Å². The molecule has 4 aromatic rings. The van der Waals surface area contributed by atoms with Gasteiger partial charge in [-0.3, -0.25) is 4.57 Å². The highest BCUT2D eigenvalue weighted by molar-refractivity contribution is 7.98. The van der Waals surface area contributed by atoms with Gasteiger partial charge in [0.2, 0.25) is 11.8 Å². The van der Waals surface area contributed by atoms with E-state index in [1.807, 2.05) is 29.6 Å². The second-order valence-corrected chi connectivity index (χ2v) is 9.10. The van der Waals surface area contributed by atoms with Gasteiger partial charge in [-0.2, -0.15) is 0 Å². The van der Waals surface area contributed by atoms with Gasteiger partial charge in [-0.05, 0) is 36.4 Å². The maximum absolute atomic E-state index is 6.23. The summed E-state index contributed by atoms with van der Waals surface area (Å²) in [7, 11) is 0. The molecule has 0 N–H and O–H groups in total. The van der Waals surface area contributed by atoms with Gasteiger partial charge in [0.1, 0.15) is 0 Å². The molecule has 3 aromatic heterocycles. The number of aromatic nitrogens is 5. The van der Waals surface area contributed by atoms with E-state index in [0.29, 0.717) is 22.6 Å². The van der Waals surface area contributed by atoms with Crippen molar-refractivity contribution in [2.45, 2.75) is 36.4 Å². The van der Waals surface area contributed by atoms with E-state index in [1.54, 1.807) is 17.4 Å². The maximum atomic E-state index is 6.23. The van der Waals surface area contributed by atoms with Crippen LogP contribution in [0.15, 0.2) is 51.4 Å². The molecule has 0 bridgehead atoms. The molecule has 1 fully saturated rings. The SMILES string of the molecule is Clc1ccccc1-c1nnc(CSc2nnc(-c3cccs3)n2C[C@@H]2CCCO2)o1. The Kier molecular flexibility index (Phi) is 5.85. The van der Waals surface area contributed by atoms with Crippen molar-refractivity contribution in [3.63, 3.8) is 0 Å². The summed E-state index contributed by atoms with van der Waals surface area (Å²) >= 11 is 9.40. The van der Waals surface area contributed by atoms with Crippen LogP contribution in [-0.4, -0.2) is 37.7 Å². The monoisotopic (exact) mass is 459 g/mol. The van der Waals surface area contributed by atoms with E-state index in [9.17, 15) is 0 Å². The van der Waals surface area contributed by atoms with Crippen molar-refractivity contribution in [2.24, 2.45) is 0 Å². The number of thiophene rings is 1. The Morgan fingerprint density at radius 1 is 1.13 bits per heavy atom. The number of rotatable bonds is 7. The lowest BCUT2D eigenvalue weighted by molar-refractivity contribution is 0.0953. The van der Waals surface area contributed by atoms with Crippen LogP contribution in [0.4, 0.5) is 0 Å². The molecule has 30 heavy (non-hydrogen) atoms. The standard InChI is InChI=1S/C20H18ClN5O2S2/c21-15-7-2-1-6-14(15)19-24-22-17(28-19)12-30-20-25-23-18(16-8-4-10-29-16)26(20)11-13-5-3-9-27-13/h1-2,4,6-8,10,13H,3,5,9,11-12H2/t13-/m0/s1. The molecule has 1 saturated heterocycles. The van der Waals surface area contributed by atoms with Crippen LogP contribution in [0.5, 0.6) is 0 Å². The summed E-state index contributed by atoms with van der Waals surface area (Å²) in [5, 5.41) is 20.6. The number of thioether (sulfide) groups is 1. The van der Waals surface area contributed by atoms with Gasteiger partial charge in [-0.1, -0.05) is 41.6 Å². The van der Waals surface area contributed by atoms with Crippen LogP contribution in [-0.2, 0) is 17.0 Å². The first kappa shape index (κ1) is 19.7. The number of hydrogen-bond acceptors (Lipinski definition) is 8. The Morgan fingerprint density at radius 3 is 2.87 bits per heavy atom. The summed E-state index contributed by atoms with van der Waals surface area (Å²) < 4.78 is 13.8. The van der Waals surface area contributed by atoms with Gasteiger partial charge in [0.15, 0.2) is 11.0 Å². The Hall–Kier alpha value is -2.20. The van der Waals surface area contributed by atoms with Crippen LogP contribution in [0.3, 0.4) is 0 Å². The first-order valence-corrected chi connectivity index (χ1v) is 11.8. The van der Waals surface area contributed by atoms with Crippen molar-refractivity contribution in [1.29, 1.82) is 0 Å². The van der Waals surface area contributed by atoms with E-state index < -0.39 is 0 Å². The Balaban J connectivity index is 1.35. The van der Waals surface area contributed by atoms with Gasteiger partial charge in [-0.15, -0.1) is 31.7 Å². The highest BCUT2D eigenvalue weighted by Crippen LogP contribution is 2.31. The molecule has 0 radical (unpaired) electrons. The first-order valence-electron chi connectivity index (χ1n) is 9.56. The molecule has 0 amide bonds. The second kappa shape index (κ2) is 8.89. The number of halogens is 1. The van der Waals surface area contributed by atoms with Gasteiger partial charge < -0.3 is 9.15 Å². The van der Waals surface area contributed by atoms with Crippen LogP contribution >= 0.6 is 34.7 Å². The number of benzene rings is 1. The lowest BCUT2D eigenvalue weighted by Gasteiger charge is -2.13. The van der Waals surface area contributed by atoms with Gasteiger partial charge >= 0.3 is 0 Å². The number of ether oxygens (including phenoxy) is 1. The summed E-state index contributed by atoms with van der Waals surface area (Å²) in [6.45, 7) is 1.55. The summed E-state index contributed by atoms with van der Waals surface area (Å²) in [6, 6.07) is 11.5. The fraction of sp³-hybridized carbons (Fsp3) is 0.300. The minimum atomic E-state index is 0.189. The molecule has 4 heterocycles. The number of nitrogens with zero attached hydrogens (tertiary/aromatic N) is 5. The second-order valence-electron chi connectivity index (χ2n) is 6.80. The van der Waals surface area contributed by atoms with Gasteiger partial charge in [0.25, 0.3) is 0 Å². The van der Waals surface area contributed by atoms with E-state index in [-0.39, 0.29) is 6.10 Å². The molecule has 0 unspecified atom stereocenters. The number of hydrogen-bond donors (Lipinski definition) is 0. The average molecular weight is 460 g/mol. The van der Waals surface area contributed by atoms with Gasteiger partial charge in [0.05, 0.1) is 33.9 Å². The predicted octanol–water partition coefficient (Wildman–Crippen LogP) is 5.18. The molecule has 0 spiro atoms. The molecule has 1 aromatic carbocycles. The van der Waals surface area contributed by atoms with E-state index in [2.05, 4.69) is 31.0 Å². The van der Waals surface area contributed by atoms with Crippen molar-refractivity contribution >= 4 is 34.7 Å². The summed E-state index contributed by atoms with van der Waals surface area (Å²) in [4.78, 5) is 1.09. The Morgan fingerprint density at radius 2 is 2.07 bits per heavy atom. The van der Waals surface area contributed by atoms with Crippen LogP contribution < -0.4 is 0 Å². The normalized spacial score (nSPS) is 16.4. The maximum Gasteiger partial charge on any atom is 0.249 e. The fourth-order valence-electron chi connectivity index (χ4n) is 3.32. The molecule has 5 rings (SSSR count). The first-order chi connectivity index (χ1) is 14.8. The van der Waals surface area contributed by atoms with Crippen LogP contribution in [0, 0.1) is 0 Å². The van der Waals surface area contributed by atoms with Crippen molar-refractivity contribution in [2.75, 3.05) is 6.61 Å². The topological polar surface area (TPSA) is 78.9 Å². The molecular weight excluding hydrogens is 442 g/mol. The van der Waals surface area contributed by atoms with Crippen LogP contribution in [0.1, 0.15) is 18.7 Å². The van der Waals surface area contributed by atoms with Gasteiger partial charge in [-0.25, -0.2) is 0 Å². The molecule has 1 aliphatic heterocycles.